The number of nitrogens with zero attached hydrogens (tertiary/aromatic N) is 3. The second-order valence-corrected chi connectivity index (χ2v) is 6.65. The molecule has 0 saturated heterocycles. The van der Waals surface area contributed by atoms with Crippen LogP contribution in [0.2, 0.25) is 0 Å². The summed E-state index contributed by atoms with van der Waals surface area (Å²) >= 11 is 0. The van der Waals surface area contributed by atoms with E-state index in [0.29, 0.717) is 24.4 Å². The number of hydrogen-bond acceptors (Lipinski definition) is 5. The first-order valence-corrected chi connectivity index (χ1v) is 9.20. The molecule has 1 unspecified atom stereocenters. The predicted molar refractivity (Wildman–Crippen MR) is 108 cm³/mol. The summed E-state index contributed by atoms with van der Waals surface area (Å²) in [6, 6.07) is 23.0. The minimum atomic E-state index is -0.356. The maximum absolute atomic E-state index is 11.4. The fourth-order valence-corrected chi connectivity index (χ4v) is 3.42. The summed E-state index contributed by atoms with van der Waals surface area (Å²) in [7, 11) is 0. The number of nitrogens with one attached hydrogen (secondary N) is 2. The van der Waals surface area contributed by atoms with Gasteiger partial charge >= 0.3 is 5.69 Å². The Balaban J connectivity index is 1.64. The zero-order valence-corrected chi connectivity index (χ0v) is 15.3. The smallest absolute Gasteiger partial charge is 0.309 e. The minimum Gasteiger partial charge on any atom is -0.364 e. The number of aromatic nitrogens is 1. The van der Waals surface area contributed by atoms with Crippen molar-refractivity contribution in [3.05, 3.63) is 94.0 Å². The molecular weight excluding hydrogens is 354 g/mol. The Bertz CT molecular complexity index is 1030. The predicted octanol–water partition coefficient (Wildman–Crippen LogP) is 3.39. The van der Waals surface area contributed by atoms with E-state index in [0.717, 1.165) is 12.2 Å². The molecule has 1 aliphatic heterocycles. The van der Waals surface area contributed by atoms with Gasteiger partial charge in [-0.25, -0.2) is 4.99 Å². The van der Waals surface area contributed by atoms with Gasteiger partial charge in [-0.2, -0.15) is 0 Å². The fraction of sp³-hybridized carbons (Fsp3) is 0.190. The normalized spacial score (nSPS) is 15.9. The van der Waals surface area contributed by atoms with Crippen LogP contribution in [0.25, 0.3) is 0 Å². The van der Waals surface area contributed by atoms with E-state index < -0.39 is 0 Å². The average molecular weight is 375 g/mol. The van der Waals surface area contributed by atoms with Crippen LogP contribution in [0.5, 0.6) is 0 Å². The molecule has 0 aliphatic carbocycles. The van der Waals surface area contributed by atoms with Crippen LogP contribution in [0.3, 0.4) is 0 Å². The van der Waals surface area contributed by atoms with Gasteiger partial charge in [0.15, 0.2) is 5.82 Å². The molecule has 0 saturated carbocycles. The lowest BCUT2D eigenvalue weighted by molar-refractivity contribution is -0.384. The summed E-state index contributed by atoms with van der Waals surface area (Å²) in [4.78, 5) is 15.8. The van der Waals surface area contributed by atoms with Gasteiger partial charge in [0, 0.05) is 25.7 Å². The third-order valence-corrected chi connectivity index (χ3v) is 4.74. The molecule has 2 N–H and O–H groups in total. The van der Waals surface area contributed by atoms with Gasteiger partial charge in [-0.3, -0.25) is 10.1 Å². The highest BCUT2D eigenvalue weighted by Crippen LogP contribution is 2.30. The highest BCUT2D eigenvalue weighted by Gasteiger charge is 2.28. The van der Waals surface area contributed by atoms with Crippen LogP contribution in [0.15, 0.2) is 77.8 Å². The SMILES string of the molecule is O=[N+]([O-])c1ccc(=Nc2ccccc2)n2c1NCC2CNCc1ccccc1. The van der Waals surface area contributed by atoms with E-state index in [1.165, 1.54) is 11.6 Å². The lowest BCUT2D eigenvalue weighted by Crippen LogP contribution is -2.31. The standard InChI is InChI=1S/C21H21N5O2/c27-26(28)19-11-12-20(24-17-9-5-2-6-10-17)25-18(15-23-21(19)25)14-22-13-16-7-3-1-4-8-16/h1-12,18,22-23H,13-15H2. The molecule has 7 nitrogen and oxygen atoms in total. The Morgan fingerprint density at radius 3 is 2.50 bits per heavy atom. The molecule has 1 aliphatic rings. The highest BCUT2D eigenvalue weighted by atomic mass is 16.6. The first kappa shape index (κ1) is 17.9. The van der Waals surface area contributed by atoms with Gasteiger partial charge in [-0.05, 0) is 23.8 Å². The lowest BCUT2D eigenvalue weighted by atomic mass is 10.2. The summed E-state index contributed by atoms with van der Waals surface area (Å²) in [5.41, 5.74) is 2.78. The molecule has 0 spiro atoms. The lowest BCUT2D eigenvalue weighted by Gasteiger charge is -2.15. The molecule has 142 valence electrons. The van der Waals surface area contributed by atoms with Gasteiger partial charge in [0.05, 0.1) is 16.7 Å². The number of rotatable bonds is 6. The first-order chi connectivity index (χ1) is 13.7. The molecule has 4 rings (SSSR count). The number of nitro groups is 1. The van der Waals surface area contributed by atoms with E-state index in [2.05, 4.69) is 22.8 Å². The molecule has 0 amide bonds. The summed E-state index contributed by atoms with van der Waals surface area (Å²) in [5.74, 6) is 0.508. The van der Waals surface area contributed by atoms with Crippen LogP contribution in [-0.2, 0) is 6.54 Å². The second kappa shape index (κ2) is 8.06. The fourth-order valence-electron chi connectivity index (χ4n) is 3.42. The van der Waals surface area contributed by atoms with E-state index in [4.69, 9.17) is 4.99 Å². The van der Waals surface area contributed by atoms with E-state index in [-0.39, 0.29) is 16.7 Å². The molecule has 7 heteroatoms. The molecule has 1 aromatic heterocycles. The third kappa shape index (κ3) is 3.79. The van der Waals surface area contributed by atoms with Gasteiger partial charge < -0.3 is 15.2 Å². The number of benzene rings is 2. The average Bonchev–Trinajstić information content (AvgIpc) is 3.14. The zero-order chi connectivity index (χ0) is 19.3. The summed E-state index contributed by atoms with van der Waals surface area (Å²) in [6.45, 7) is 2.04. The summed E-state index contributed by atoms with van der Waals surface area (Å²) in [5, 5.41) is 18.1. The molecule has 2 aromatic carbocycles. The Morgan fingerprint density at radius 1 is 1.07 bits per heavy atom. The van der Waals surface area contributed by atoms with E-state index in [9.17, 15) is 10.1 Å². The number of para-hydroxylation sites is 1. The van der Waals surface area contributed by atoms with E-state index >= 15 is 0 Å². The quantitative estimate of drug-likeness (QED) is 0.511. The molecule has 0 radical (unpaired) electrons. The van der Waals surface area contributed by atoms with Crippen molar-refractivity contribution < 1.29 is 4.92 Å². The van der Waals surface area contributed by atoms with Gasteiger partial charge in [-0.15, -0.1) is 0 Å². The van der Waals surface area contributed by atoms with Crippen LogP contribution in [-0.4, -0.2) is 22.6 Å². The molecule has 0 fully saturated rings. The van der Waals surface area contributed by atoms with Crippen LogP contribution in [0.4, 0.5) is 17.2 Å². The maximum Gasteiger partial charge on any atom is 0.309 e. The van der Waals surface area contributed by atoms with E-state index in [1.54, 1.807) is 6.07 Å². The number of anilines is 1. The zero-order valence-electron chi connectivity index (χ0n) is 15.3. The Labute approximate surface area is 162 Å². The number of fused-ring (bicyclic) bond motifs is 1. The molecule has 1 atom stereocenters. The summed E-state index contributed by atoms with van der Waals surface area (Å²) in [6.07, 6.45) is 0. The van der Waals surface area contributed by atoms with Crippen molar-refractivity contribution in [3.8, 4) is 0 Å². The van der Waals surface area contributed by atoms with Gasteiger partial charge in [0.25, 0.3) is 0 Å². The van der Waals surface area contributed by atoms with Gasteiger partial charge in [-0.1, -0.05) is 48.5 Å². The van der Waals surface area contributed by atoms with Gasteiger partial charge in [0.1, 0.15) is 5.49 Å². The molecule has 28 heavy (non-hydrogen) atoms. The second-order valence-electron chi connectivity index (χ2n) is 6.65. The Morgan fingerprint density at radius 2 is 1.79 bits per heavy atom. The van der Waals surface area contributed by atoms with Crippen molar-refractivity contribution in [1.82, 2.24) is 9.88 Å². The maximum atomic E-state index is 11.4. The Kier molecular flexibility index (Phi) is 5.16. The largest absolute Gasteiger partial charge is 0.364 e. The van der Waals surface area contributed by atoms with Crippen molar-refractivity contribution in [2.45, 2.75) is 12.6 Å². The van der Waals surface area contributed by atoms with Crippen molar-refractivity contribution in [2.75, 3.05) is 18.4 Å². The summed E-state index contributed by atoms with van der Waals surface area (Å²) < 4.78 is 1.93. The molecule has 3 aromatic rings. The third-order valence-electron chi connectivity index (χ3n) is 4.74. The van der Waals surface area contributed by atoms with Crippen molar-refractivity contribution >= 4 is 17.2 Å². The molecule has 2 heterocycles. The number of hydrogen-bond donors (Lipinski definition) is 2. The van der Waals surface area contributed by atoms with Crippen LogP contribution >= 0.6 is 0 Å². The van der Waals surface area contributed by atoms with Crippen LogP contribution in [0.1, 0.15) is 11.6 Å². The highest BCUT2D eigenvalue weighted by molar-refractivity contribution is 5.59. The van der Waals surface area contributed by atoms with E-state index in [1.807, 2.05) is 53.1 Å². The topological polar surface area (TPSA) is 84.5 Å². The van der Waals surface area contributed by atoms with Crippen LogP contribution in [0, 0.1) is 10.1 Å². The van der Waals surface area contributed by atoms with Gasteiger partial charge in [0.2, 0.25) is 0 Å². The Hall–Kier alpha value is -3.45. The van der Waals surface area contributed by atoms with Crippen molar-refractivity contribution in [3.63, 3.8) is 0 Å². The first-order valence-electron chi connectivity index (χ1n) is 9.20. The van der Waals surface area contributed by atoms with Crippen molar-refractivity contribution in [2.24, 2.45) is 4.99 Å². The monoisotopic (exact) mass is 375 g/mol. The number of pyridine rings is 1. The molecular formula is C21H21N5O2. The minimum absolute atomic E-state index is 0.0288. The van der Waals surface area contributed by atoms with Crippen molar-refractivity contribution in [1.29, 1.82) is 0 Å². The molecule has 0 bridgehead atoms. The van der Waals surface area contributed by atoms with Crippen LogP contribution < -0.4 is 16.1 Å².